The van der Waals surface area contributed by atoms with Crippen molar-refractivity contribution < 1.29 is 9.53 Å². The summed E-state index contributed by atoms with van der Waals surface area (Å²) in [5.41, 5.74) is 7.72. The number of esters is 1. The molecular weight excluding hydrogens is 214 g/mol. The number of carbonyl (C=O) groups is 1. The van der Waals surface area contributed by atoms with Crippen LogP contribution in [0.4, 0.5) is 5.69 Å². The molecular formula is C11H14ClNO2. The molecule has 0 unspecified atom stereocenters. The van der Waals surface area contributed by atoms with E-state index in [1.165, 1.54) is 7.11 Å². The second kappa shape index (κ2) is 5.61. The number of hydrogen-bond donors (Lipinski definition) is 1. The molecule has 0 aliphatic heterocycles. The van der Waals surface area contributed by atoms with Crippen molar-refractivity contribution in [2.45, 2.75) is 12.8 Å². The number of alkyl halides is 1. The largest absolute Gasteiger partial charge is 0.465 e. The number of aryl methyl sites for hydroxylation is 1. The molecule has 4 heteroatoms. The fraction of sp³-hybridized carbons (Fsp3) is 0.364. The smallest absolute Gasteiger partial charge is 0.339 e. The van der Waals surface area contributed by atoms with Crippen LogP contribution in [-0.4, -0.2) is 19.0 Å². The molecule has 3 nitrogen and oxygen atoms in total. The topological polar surface area (TPSA) is 52.3 Å². The predicted octanol–water partition coefficient (Wildman–Crippen LogP) is 2.23. The summed E-state index contributed by atoms with van der Waals surface area (Å²) in [6, 6.07) is 5.35. The van der Waals surface area contributed by atoms with Crippen LogP contribution in [0.15, 0.2) is 18.2 Å². The highest BCUT2D eigenvalue weighted by atomic mass is 35.5. The van der Waals surface area contributed by atoms with Gasteiger partial charge < -0.3 is 10.5 Å². The number of ether oxygens (including phenoxy) is 1. The summed E-state index contributed by atoms with van der Waals surface area (Å²) < 4.78 is 4.63. The van der Waals surface area contributed by atoms with Crippen molar-refractivity contribution in [1.82, 2.24) is 0 Å². The minimum absolute atomic E-state index is 0.403. The van der Waals surface area contributed by atoms with E-state index < -0.39 is 5.97 Å². The number of hydrogen-bond acceptors (Lipinski definition) is 3. The zero-order chi connectivity index (χ0) is 11.3. The van der Waals surface area contributed by atoms with Gasteiger partial charge in [0.25, 0.3) is 0 Å². The molecule has 0 bridgehead atoms. The van der Waals surface area contributed by atoms with Gasteiger partial charge in [-0.1, -0.05) is 12.1 Å². The lowest BCUT2D eigenvalue weighted by molar-refractivity contribution is 0.0602. The van der Waals surface area contributed by atoms with Crippen LogP contribution in [0.1, 0.15) is 22.3 Å². The van der Waals surface area contributed by atoms with Gasteiger partial charge in [0.15, 0.2) is 0 Å². The van der Waals surface area contributed by atoms with E-state index in [0.29, 0.717) is 17.1 Å². The third-order valence-electron chi connectivity index (χ3n) is 2.18. The lowest BCUT2D eigenvalue weighted by atomic mass is 10.0. The van der Waals surface area contributed by atoms with Crippen LogP contribution in [0, 0.1) is 0 Å². The van der Waals surface area contributed by atoms with Crippen LogP contribution in [0.5, 0.6) is 0 Å². The number of carbonyl (C=O) groups excluding carboxylic acids is 1. The normalized spacial score (nSPS) is 10.0. The van der Waals surface area contributed by atoms with E-state index in [-0.39, 0.29) is 0 Å². The highest BCUT2D eigenvalue weighted by Gasteiger charge is 2.11. The average molecular weight is 228 g/mol. The molecule has 0 spiro atoms. The van der Waals surface area contributed by atoms with Crippen LogP contribution in [0.3, 0.4) is 0 Å². The van der Waals surface area contributed by atoms with Gasteiger partial charge in [0.2, 0.25) is 0 Å². The Morgan fingerprint density at radius 3 is 2.87 bits per heavy atom. The van der Waals surface area contributed by atoms with Gasteiger partial charge >= 0.3 is 5.97 Å². The van der Waals surface area contributed by atoms with E-state index >= 15 is 0 Å². The molecule has 1 aromatic carbocycles. The minimum Gasteiger partial charge on any atom is -0.465 e. The molecule has 0 aromatic heterocycles. The van der Waals surface area contributed by atoms with Crippen molar-refractivity contribution in [1.29, 1.82) is 0 Å². The minimum atomic E-state index is -0.403. The van der Waals surface area contributed by atoms with Gasteiger partial charge in [0.05, 0.1) is 12.7 Å². The summed E-state index contributed by atoms with van der Waals surface area (Å²) in [6.07, 6.45) is 1.62. The average Bonchev–Trinajstić information content (AvgIpc) is 2.27. The molecule has 82 valence electrons. The summed E-state index contributed by atoms with van der Waals surface area (Å²) in [4.78, 5) is 11.3. The Kier molecular flexibility index (Phi) is 4.43. The van der Waals surface area contributed by atoms with Crippen molar-refractivity contribution in [2.24, 2.45) is 0 Å². The van der Waals surface area contributed by atoms with E-state index in [9.17, 15) is 4.79 Å². The van der Waals surface area contributed by atoms with Crippen LogP contribution in [0.2, 0.25) is 0 Å². The highest BCUT2D eigenvalue weighted by Crippen LogP contribution is 2.19. The van der Waals surface area contributed by atoms with E-state index in [4.69, 9.17) is 17.3 Å². The van der Waals surface area contributed by atoms with Crippen molar-refractivity contribution >= 4 is 23.3 Å². The van der Waals surface area contributed by atoms with Gasteiger partial charge in [0.1, 0.15) is 0 Å². The van der Waals surface area contributed by atoms with Crippen molar-refractivity contribution in [3.05, 3.63) is 29.3 Å². The fourth-order valence-electron chi connectivity index (χ4n) is 1.38. The lowest BCUT2D eigenvalue weighted by Crippen LogP contribution is -2.07. The van der Waals surface area contributed by atoms with Crippen molar-refractivity contribution in [2.75, 3.05) is 18.7 Å². The first-order chi connectivity index (χ1) is 7.20. The maximum Gasteiger partial charge on any atom is 0.339 e. The van der Waals surface area contributed by atoms with Gasteiger partial charge in [-0.15, -0.1) is 11.6 Å². The molecule has 0 saturated carbocycles. The van der Waals surface area contributed by atoms with E-state index in [1.807, 2.05) is 6.07 Å². The Hall–Kier alpha value is -1.22. The van der Waals surface area contributed by atoms with Crippen molar-refractivity contribution in [3.63, 3.8) is 0 Å². The first-order valence-corrected chi connectivity index (χ1v) is 5.25. The second-order valence-corrected chi connectivity index (χ2v) is 3.54. The molecule has 15 heavy (non-hydrogen) atoms. The molecule has 0 radical (unpaired) electrons. The Morgan fingerprint density at radius 2 is 2.27 bits per heavy atom. The van der Waals surface area contributed by atoms with E-state index in [1.54, 1.807) is 12.1 Å². The first kappa shape index (κ1) is 11.9. The number of nitrogens with two attached hydrogens (primary N) is 1. The highest BCUT2D eigenvalue weighted by molar-refractivity contribution is 6.17. The molecule has 1 rings (SSSR count). The van der Waals surface area contributed by atoms with Gasteiger partial charge in [-0.05, 0) is 24.5 Å². The monoisotopic (exact) mass is 227 g/mol. The van der Waals surface area contributed by atoms with Gasteiger partial charge in [-0.25, -0.2) is 4.79 Å². The molecule has 1 aromatic rings. The van der Waals surface area contributed by atoms with E-state index in [2.05, 4.69) is 4.74 Å². The third-order valence-corrected chi connectivity index (χ3v) is 2.45. The summed E-state index contributed by atoms with van der Waals surface area (Å²) in [5, 5.41) is 0. The Balaban J connectivity index is 2.95. The second-order valence-electron chi connectivity index (χ2n) is 3.16. The first-order valence-electron chi connectivity index (χ1n) is 4.72. The number of para-hydroxylation sites is 1. The quantitative estimate of drug-likeness (QED) is 0.488. The molecule has 0 atom stereocenters. The summed E-state index contributed by atoms with van der Waals surface area (Å²) >= 11 is 5.60. The standard InChI is InChI=1S/C11H14ClNO2/c1-15-11(14)9-6-2-4-8(10(9)13)5-3-7-12/h2,4,6H,3,5,7,13H2,1H3. The van der Waals surface area contributed by atoms with Crippen molar-refractivity contribution in [3.8, 4) is 0 Å². The Morgan fingerprint density at radius 1 is 1.53 bits per heavy atom. The predicted molar refractivity (Wildman–Crippen MR) is 61.2 cm³/mol. The summed E-state index contributed by atoms with van der Waals surface area (Å²) in [6.45, 7) is 0. The maximum absolute atomic E-state index is 11.3. The number of rotatable bonds is 4. The molecule has 0 saturated heterocycles. The molecule has 0 heterocycles. The molecule has 0 aliphatic rings. The van der Waals surface area contributed by atoms with E-state index in [0.717, 1.165) is 18.4 Å². The number of nitrogen functional groups attached to an aromatic ring is 1. The van der Waals surface area contributed by atoms with Crippen LogP contribution in [0.25, 0.3) is 0 Å². The molecule has 0 fully saturated rings. The number of anilines is 1. The van der Waals surface area contributed by atoms with Crippen LogP contribution in [-0.2, 0) is 11.2 Å². The zero-order valence-electron chi connectivity index (χ0n) is 8.63. The van der Waals surface area contributed by atoms with Gasteiger partial charge in [-0.2, -0.15) is 0 Å². The summed E-state index contributed by atoms with van der Waals surface area (Å²) in [5.74, 6) is 0.183. The lowest BCUT2D eigenvalue weighted by Gasteiger charge is -2.08. The Bertz CT molecular complexity index is 352. The fourth-order valence-corrected chi connectivity index (χ4v) is 1.51. The van der Waals surface area contributed by atoms with Gasteiger partial charge in [-0.3, -0.25) is 0 Å². The SMILES string of the molecule is COC(=O)c1cccc(CCCCl)c1N. The third kappa shape index (κ3) is 2.86. The Labute approximate surface area is 94.2 Å². The van der Waals surface area contributed by atoms with Crippen LogP contribution < -0.4 is 5.73 Å². The number of benzene rings is 1. The molecule has 0 amide bonds. The summed E-state index contributed by atoms with van der Waals surface area (Å²) in [7, 11) is 1.34. The zero-order valence-corrected chi connectivity index (χ0v) is 9.38. The number of halogens is 1. The van der Waals surface area contributed by atoms with Crippen LogP contribution >= 0.6 is 11.6 Å². The van der Waals surface area contributed by atoms with Gasteiger partial charge in [0, 0.05) is 11.6 Å². The maximum atomic E-state index is 11.3. The number of methoxy groups -OCH3 is 1. The molecule has 2 N–H and O–H groups in total. The molecule has 0 aliphatic carbocycles.